The Hall–Kier alpha value is -12.6. The molecule has 2 aromatic heterocycles. The molecular formula is C100H97N5. The van der Waals surface area contributed by atoms with Crippen LogP contribution in [0, 0.1) is 20.8 Å². The monoisotopic (exact) mass is 1370 g/mol. The molecule has 5 heteroatoms. The molecule has 0 aliphatic carbocycles. The quantitative estimate of drug-likeness (QED) is 0.161. The summed E-state index contributed by atoms with van der Waals surface area (Å²) in [5.74, 6) is 1.49. The number of hydrogen-bond donors (Lipinski definition) is 0. The van der Waals surface area contributed by atoms with E-state index in [1.807, 2.05) is 140 Å². The summed E-state index contributed by atoms with van der Waals surface area (Å²) in [7, 11) is 0. The second-order valence-corrected chi connectivity index (χ2v) is 23.3. The lowest BCUT2D eigenvalue weighted by Crippen LogP contribution is -1.87. The van der Waals surface area contributed by atoms with Gasteiger partial charge in [-0.3, -0.25) is 0 Å². The minimum Gasteiger partial charge on any atom is -0.237 e. The topological polar surface area (TPSA) is 64.5 Å². The van der Waals surface area contributed by atoms with Crippen LogP contribution in [-0.2, 0) is 0 Å². The maximum atomic E-state index is 4.14. The molecule has 0 unspecified atom stereocenters. The Morgan fingerprint density at radius 1 is 0.200 bits per heavy atom. The van der Waals surface area contributed by atoms with E-state index in [-0.39, 0.29) is 0 Å². The second-order valence-electron chi connectivity index (χ2n) is 23.3. The van der Waals surface area contributed by atoms with E-state index in [0.717, 1.165) is 17.0 Å². The van der Waals surface area contributed by atoms with E-state index in [9.17, 15) is 0 Å². The Morgan fingerprint density at radius 2 is 0.495 bits per heavy atom. The van der Waals surface area contributed by atoms with E-state index in [0.29, 0.717) is 5.82 Å². The van der Waals surface area contributed by atoms with Crippen LogP contribution in [0.1, 0.15) is 72.1 Å². The van der Waals surface area contributed by atoms with Gasteiger partial charge in [0.2, 0.25) is 0 Å². The number of rotatable bonds is 5. The third kappa shape index (κ3) is 22.2. The molecule has 105 heavy (non-hydrogen) atoms. The minimum atomic E-state index is 0.714. The summed E-state index contributed by atoms with van der Waals surface area (Å²) in [6.45, 7) is 22.4. The van der Waals surface area contributed by atoms with Crippen molar-refractivity contribution in [2.24, 2.45) is 0 Å². The largest absolute Gasteiger partial charge is 0.237 e. The van der Waals surface area contributed by atoms with Gasteiger partial charge >= 0.3 is 0 Å². The number of hydrogen-bond acceptors (Lipinski definition) is 5. The molecule has 0 aliphatic heterocycles. The summed E-state index contributed by atoms with van der Waals surface area (Å²) in [4.78, 5) is 20.1. The molecule has 0 saturated carbocycles. The van der Waals surface area contributed by atoms with Crippen LogP contribution in [0.4, 0.5) is 0 Å². The van der Waals surface area contributed by atoms with Crippen molar-refractivity contribution in [1.82, 2.24) is 24.9 Å². The van der Waals surface area contributed by atoms with E-state index in [2.05, 4.69) is 325 Å². The third-order valence-electron chi connectivity index (χ3n) is 16.7. The van der Waals surface area contributed by atoms with Gasteiger partial charge in [0.05, 0.1) is 0 Å². The van der Waals surface area contributed by atoms with Gasteiger partial charge in [0.15, 0.2) is 11.6 Å². The normalized spacial score (nSPS) is 9.86. The zero-order chi connectivity index (χ0) is 74.2. The van der Waals surface area contributed by atoms with Crippen LogP contribution in [0.25, 0.3) is 121 Å². The molecular weight excluding hydrogens is 1270 g/mol. The van der Waals surface area contributed by atoms with Gasteiger partial charge in [0.1, 0.15) is 12.7 Å². The zero-order valence-corrected chi connectivity index (χ0v) is 62.7. The summed E-state index contributed by atoms with van der Waals surface area (Å²) in [6.07, 6.45) is 6.48. The van der Waals surface area contributed by atoms with Gasteiger partial charge in [-0.1, -0.05) is 424 Å². The van der Waals surface area contributed by atoms with Crippen molar-refractivity contribution >= 4 is 64.6 Å². The molecule has 0 aliphatic rings. The van der Waals surface area contributed by atoms with E-state index in [1.165, 1.54) is 127 Å². The molecule has 5 nitrogen and oxygen atoms in total. The second kappa shape index (κ2) is 43.3. The van der Waals surface area contributed by atoms with Crippen molar-refractivity contribution in [2.75, 3.05) is 0 Å². The van der Waals surface area contributed by atoms with Crippen molar-refractivity contribution in [1.29, 1.82) is 0 Å². The van der Waals surface area contributed by atoms with Gasteiger partial charge in [0.25, 0.3) is 0 Å². The van der Waals surface area contributed by atoms with Crippen LogP contribution in [0.5, 0.6) is 0 Å². The molecule has 2 heterocycles. The summed E-state index contributed by atoms with van der Waals surface area (Å²) in [5, 5.41) is 16.2. The van der Waals surface area contributed by atoms with Crippen molar-refractivity contribution < 1.29 is 0 Å². The molecule has 0 radical (unpaired) electrons. The Morgan fingerprint density at radius 3 is 0.867 bits per heavy atom. The lowest BCUT2D eigenvalue weighted by molar-refractivity contribution is 1.06. The number of aryl methyl sites for hydroxylation is 3. The molecule has 16 aromatic carbocycles. The SMILES string of the molecule is CC.CC.CC.CC.Cc1ccc(-c2ccccc2)cc1.Cc1cccc(-c2ccccc2)c1.Cc1ccccc1-c1ccccc1.c1cc2ccc3cccc4ccc(c1)c2c34.c1ccc(-c2ncccn2)cc1.c1ccc(-c2ncncn2)cc1.c1ccc2c(c1)c1ccccc1c1ccccc21. The van der Waals surface area contributed by atoms with Crippen molar-refractivity contribution in [3.8, 4) is 56.2 Å². The molecule has 0 fully saturated rings. The maximum Gasteiger partial charge on any atom is 0.162 e. The van der Waals surface area contributed by atoms with Crippen LogP contribution in [0.3, 0.4) is 0 Å². The van der Waals surface area contributed by atoms with Crippen LogP contribution >= 0.6 is 0 Å². The fraction of sp³-hybridized carbons (Fsp3) is 0.110. The molecule has 522 valence electrons. The highest BCUT2D eigenvalue weighted by atomic mass is 15.0. The van der Waals surface area contributed by atoms with Crippen LogP contribution in [0.2, 0.25) is 0 Å². The Balaban J connectivity index is 0.000000153. The summed E-state index contributed by atoms with van der Waals surface area (Å²) < 4.78 is 0. The first-order valence-corrected chi connectivity index (χ1v) is 36.7. The number of aromatic nitrogens is 5. The van der Waals surface area contributed by atoms with E-state index in [4.69, 9.17) is 0 Å². The van der Waals surface area contributed by atoms with Gasteiger partial charge in [-0.25, -0.2) is 24.9 Å². The van der Waals surface area contributed by atoms with Crippen molar-refractivity contribution in [2.45, 2.75) is 76.2 Å². The molecule has 0 atom stereocenters. The highest BCUT2D eigenvalue weighted by molar-refractivity contribution is 6.25. The van der Waals surface area contributed by atoms with Gasteiger partial charge in [-0.2, -0.15) is 0 Å². The van der Waals surface area contributed by atoms with Crippen LogP contribution < -0.4 is 0 Å². The number of nitrogens with zero attached hydrogens (tertiary/aromatic N) is 5. The predicted molar refractivity (Wildman–Crippen MR) is 457 cm³/mol. The fourth-order valence-electron chi connectivity index (χ4n) is 11.9. The molecule has 0 N–H and O–H groups in total. The van der Waals surface area contributed by atoms with Gasteiger partial charge in [-0.15, -0.1) is 0 Å². The third-order valence-corrected chi connectivity index (χ3v) is 16.7. The molecule has 18 aromatic rings. The fourth-order valence-corrected chi connectivity index (χ4v) is 11.9. The lowest BCUT2D eigenvalue weighted by atomic mass is 9.95. The van der Waals surface area contributed by atoms with Crippen molar-refractivity contribution in [3.05, 3.63) is 406 Å². The molecule has 0 bridgehead atoms. The molecule has 0 spiro atoms. The van der Waals surface area contributed by atoms with E-state index < -0.39 is 0 Å². The first-order chi connectivity index (χ1) is 51.9. The first-order valence-electron chi connectivity index (χ1n) is 36.7. The first kappa shape index (κ1) is 78.2. The summed E-state index contributed by atoms with van der Waals surface area (Å²) in [5.41, 5.74) is 13.8. The lowest BCUT2D eigenvalue weighted by Gasteiger charge is -2.09. The highest BCUT2D eigenvalue weighted by Crippen LogP contribution is 2.36. The highest BCUT2D eigenvalue weighted by Gasteiger charge is 2.09. The van der Waals surface area contributed by atoms with Crippen molar-refractivity contribution in [3.63, 3.8) is 0 Å². The predicted octanol–water partition coefficient (Wildman–Crippen LogP) is 28.5. The Kier molecular flexibility index (Phi) is 32.2. The molecule has 0 amide bonds. The number of benzene rings is 16. The Bertz CT molecular complexity index is 4890. The smallest absolute Gasteiger partial charge is 0.162 e. The molecule has 0 saturated heterocycles. The summed E-state index contributed by atoms with van der Waals surface area (Å²) >= 11 is 0. The standard InChI is InChI=1S/C18H12.C16H10.3C13H12.C10H8N2.C9H7N3.4C2H6/c1-2-8-14-13(7-1)15-9-3-4-11-17(15)18-12-6-5-10-16(14)18;1-3-11-7-9-13-5-2-6-14-10-8-12(4-1)15(11)16(13)14;1-11-7-5-6-10-13(11)12-8-3-2-4-9-12;1-11-6-5-9-13(10-11)12-7-3-2-4-8-12;1-11-7-9-13(10-8-11)12-5-3-2-4-6-12;1-2-5-9(6-3-1)10-11-7-4-8-12-10;1-2-4-8(5-3-1)9-11-6-10-7-12-9;4*1-2/h1-12H;1-10H;3*2-10H,1H3;1-8H;1-7H;4*1-2H3. The number of fused-ring (bicyclic) bond motifs is 6. The van der Waals surface area contributed by atoms with Gasteiger partial charge in [-0.05, 0) is 130 Å². The summed E-state index contributed by atoms with van der Waals surface area (Å²) in [6, 6.07) is 126. The van der Waals surface area contributed by atoms with Gasteiger partial charge < -0.3 is 0 Å². The van der Waals surface area contributed by atoms with Crippen LogP contribution in [-0.4, -0.2) is 24.9 Å². The minimum absolute atomic E-state index is 0.714. The van der Waals surface area contributed by atoms with Gasteiger partial charge in [0, 0.05) is 23.5 Å². The average Bonchev–Trinajstić information content (AvgIpc) is 0.758. The zero-order valence-electron chi connectivity index (χ0n) is 62.7. The van der Waals surface area contributed by atoms with E-state index >= 15 is 0 Å². The maximum absolute atomic E-state index is 4.14. The van der Waals surface area contributed by atoms with Crippen LogP contribution in [0.15, 0.2) is 389 Å². The average molecular weight is 1370 g/mol. The Labute approximate surface area is 623 Å². The van der Waals surface area contributed by atoms with E-state index in [1.54, 1.807) is 12.4 Å². The molecule has 18 rings (SSSR count).